The average molecular weight is 318 g/mol. The number of nitrogens with zero attached hydrogens (tertiary/aromatic N) is 1. The molecule has 0 saturated carbocycles. The van der Waals surface area contributed by atoms with Crippen LogP contribution in [0, 0.1) is 3.57 Å². The van der Waals surface area contributed by atoms with Gasteiger partial charge in [0.25, 0.3) is 0 Å². The van der Waals surface area contributed by atoms with Crippen LogP contribution in [0.3, 0.4) is 0 Å². The fourth-order valence-electron chi connectivity index (χ4n) is 1.13. The minimum Gasteiger partial charge on any atom is -0.384 e. The van der Waals surface area contributed by atoms with Crippen molar-refractivity contribution >= 4 is 34.2 Å². The molecule has 0 fully saturated rings. The number of nitrogens with one attached hydrogen (secondary N) is 1. The summed E-state index contributed by atoms with van der Waals surface area (Å²) in [5.41, 5.74) is 1.09. The zero-order valence-corrected chi connectivity index (χ0v) is 11.1. The third-order valence-electron chi connectivity index (χ3n) is 2.03. The van der Waals surface area contributed by atoms with Crippen LogP contribution < -0.4 is 5.32 Å². The summed E-state index contributed by atoms with van der Waals surface area (Å²) in [5, 5.41) is 3.24. The number of halogens is 1. The summed E-state index contributed by atoms with van der Waals surface area (Å²) in [7, 11) is 3.54. The van der Waals surface area contributed by atoms with E-state index in [1.807, 2.05) is 24.3 Å². The molecule has 0 aromatic heterocycles. The maximum absolute atomic E-state index is 11.3. The van der Waals surface area contributed by atoms with Gasteiger partial charge in [-0.2, -0.15) is 0 Å². The van der Waals surface area contributed by atoms with Crippen molar-refractivity contribution in [3.63, 3.8) is 0 Å². The monoisotopic (exact) mass is 318 g/mol. The van der Waals surface area contributed by atoms with Gasteiger partial charge in [-0.25, -0.2) is 0 Å². The van der Waals surface area contributed by atoms with E-state index in [4.69, 9.17) is 0 Å². The molecular weight excluding hydrogens is 303 g/mol. The molecule has 0 heterocycles. The van der Waals surface area contributed by atoms with Gasteiger partial charge in [-0.15, -0.1) is 0 Å². The summed E-state index contributed by atoms with van der Waals surface area (Å²) in [4.78, 5) is 12.9. The fraction of sp³-hybridized carbons (Fsp3) is 0.364. The third kappa shape index (κ3) is 4.07. The second-order valence-corrected chi connectivity index (χ2v) is 4.61. The van der Waals surface area contributed by atoms with E-state index < -0.39 is 0 Å². The number of carbonyl (C=O) groups is 1. The molecule has 1 rings (SSSR count). The first-order chi connectivity index (χ1) is 7.11. The normalized spacial score (nSPS) is 9.80. The van der Waals surface area contributed by atoms with E-state index >= 15 is 0 Å². The van der Waals surface area contributed by atoms with Crippen molar-refractivity contribution in [2.75, 3.05) is 26.0 Å². The first kappa shape index (κ1) is 12.3. The zero-order chi connectivity index (χ0) is 11.3. The van der Waals surface area contributed by atoms with E-state index in [1.54, 1.807) is 19.0 Å². The quantitative estimate of drug-likeness (QED) is 0.863. The predicted octanol–water partition coefficient (Wildman–Crippen LogP) is 2.18. The van der Waals surface area contributed by atoms with E-state index in [9.17, 15) is 4.79 Å². The molecular formula is C11H15IN2O. The first-order valence-corrected chi connectivity index (χ1v) is 5.87. The Kier molecular flexibility index (Phi) is 4.87. The topological polar surface area (TPSA) is 32.3 Å². The molecule has 1 amide bonds. The lowest BCUT2D eigenvalue weighted by molar-refractivity contribution is -0.128. The number of carbonyl (C=O) groups excluding carboxylic acids is 1. The lowest BCUT2D eigenvalue weighted by atomic mass is 10.3. The van der Waals surface area contributed by atoms with Crippen LogP contribution in [0.15, 0.2) is 24.3 Å². The Bertz CT molecular complexity index is 339. The van der Waals surface area contributed by atoms with Gasteiger partial charge in [0, 0.05) is 36.3 Å². The molecule has 1 aromatic rings. The number of para-hydroxylation sites is 1. The second kappa shape index (κ2) is 5.95. The van der Waals surface area contributed by atoms with Gasteiger partial charge in [0.05, 0.1) is 0 Å². The van der Waals surface area contributed by atoms with Gasteiger partial charge in [0.2, 0.25) is 5.91 Å². The van der Waals surface area contributed by atoms with Crippen LogP contribution in [0.2, 0.25) is 0 Å². The van der Waals surface area contributed by atoms with Crippen LogP contribution in [0.4, 0.5) is 5.69 Å². The molecule has 0 aliphatic rings. The van der Waals surface area contributed by atoms with Gasteiger partial charge in [-0.1, -0.05) is 12.1 Å². The molecule has 3 nitrogen and oxygen atoms in total. The van der Waals surface area contributed by atoms with Gasteiger partial charge in [0.15, 0.2) is 0 Å². The highest BCUT2D eigenvalue weighted by atomic mass is 127. The third-order valence-corrected chi connectivity index (χ3v) is 2.97. The molecule has 0 saturated heterocycles. The van der Waals surface area contributed by atoms with Crippen LogP contribution in [0.1, 0.15) is 6.42 Å². The summed E-state index contributed by atoms with van der Waals surface area (Å²) in [6.45, 7) is 0.678. The van der Waals surface area contributed by atoms with Crippen LogP contribution in [-0.4, -0.2) is 31.4 Å². The van der Waals surface area contributed by atoms with Crippen molar-refractivity contribution < 1.29 is 4.79 Å². The molecule has 0 atom stereocenters. The number of benzene rings is 1. The minimum atomic E-state index is 0.147. The molecule has 15 heavy (non-hydrogen) atoms. The number of anilines is 1. The lowest BCUT2D eigenvalue weighted by Crippen LogP contribution is -2.23. The van der Waals surface area contributed by atoms with Crippen molar-refractivity contribution in [1.29, 1.82) is 0 Å². The van der Waals surface area contributed by atoms with E-state index in [0.717, 1.165) is 5.69 Å². The second-order valence-electron chi connectivity index (χ2n) is 3.44. The molecule has 0 aliphatic carbocycles. The van der Waals surface area contributed by atoms with Gasteiger partial charge >= 0.3 is 0 Å². The van der Waals surface area contributed by atoms with Crippen molar-refractivity contribution in [1.82, 2.24) is 4.90 Å². The molecule has 1 aromatic carbocycles. The molecule has 0 spiro atoms. The highest BCUT2D eigenvalue weighted by Gasteiger charge is 2.03. The van der Waals surface area contributed by atoms with Crippen molar-refractivity contribution in [3.05, 3.63) is 27.8 Å². The van der Waals surface area contributed by atoms with E-state index in [1.165, 1.54) is 3.57 Å². The number of rotatable bonds is 4. The summed E-state index contributed by atoms with van der Waals surface area (Å²) < 4.78 is 1.17. The van der Waals surface area contributed by atoms with Gasteiger partial charge in [0.1, 0.15) is 0 Å². The highest BCUT2D eigenvalue weighted by Crippen LogP contribution is 2.16. The molecule has 0 bridgehead atoms. The highest BCUT2D eigenvalue weighted by molar-refractivity contribution is 14.1. The van der Waals surface area contributed by atoms with Gasteiger partial charge in [-0.05, 0) is 34.7 Å². The Morgan fingerprint density at radius 1 is 1.40 bits per heavy atom. The van der Waals surface area contributed by atoms with Crippen LogP contribution in [0.25, 0.3) is 0 Å². The zero-order valence-electron chi connectivity index (χ0n) is 8.96. The maximum Gasteiger partial charge on any atom is 0.223 e. The van der Waals surface area contributed by atoms with Crippen molar-refractivity contribution in [2.45, 2.75) is 6.42 Å². The number of hydrogen-bond donors (Lipinski definition) is 1. The van der Waals surface area contributed by atoms with Gasteiger partial charge < -0.3 is 10.2 Å². The molecule has 0 radical (unpaired) electrons. The maximum atomic E-state index is 11.3. The Morgan fingerprint density at radius 3 is 2.67 bits per heavy atom. The van der Waals surface area contributed by atoms with E-state index in [0.29, 0.717) is 13.0 Å². The standard InChI is InChI=1S/C11H15IN2O/c1-14(2)11(15)7-8-13-10-6-4-3-5-9(10)12/h3-6,13H,7-8H2,1-2H3. The Hall–Kier alpha value is -0.780. The number of hydrogen-bond acceptors (Lipinski definition) is 2. The van der Waals surface area contributed by atoms with Crippen LogP contribution >= 0.6 is 22.6 Å². The Morgan fingerprint density at radius 2 is 2.07 bits per heavy atom. The summed E-state index contributed by atoms with van der Waals surface area (Å²) >= 11 is 2.27. The first-order valence-electron chi connectivity index (χ1n) is 4.80. The van der Waals surface area contributed by atoms with Crippen LogP contribution in [0.5, 0.6) is 0 Å². The molecule has 0 unspecified atom stereocenters. The predicted molar refractivity (Wildman–Crippen MR) is 71.0 cm³/mol. The Balaban J connectivity index is 2.38. The number of amides is 1. The summed E-state index contributed by atoms with van der Waals surface area (Å²) in [6.07, 6.45) is 0.526. The molecule has 4 heteroatoms. The largest absolute Gasteiger partial charge is 0.384 e. The van der Waals surface area contributed by atoms with E-state index in [-0.39, 0.29) is 5.91 Å². The average Bonchev–Trinajstić information content (AvgIpc) is 2.20. The molecule has 82 valence electrons. The Labute approximate surface area is 104 Å². The minimum absolute atomic E-state index is 0.147. The van der Waals surface area contributed by atoms with Crippen molar-refractivity contribution in [3.8, 4) is 0 Å². The van der Waals surface area contributed by atoms with Gasteiger partial charge in [-0.3, -0.25) is 4.79 Å². The van der Waals surface area contributed by atoms with E-state index in [2.05, 4.69) is 27.9 Å². The summed E-state index contributed by atoms with van der Waals surface area (Å²) in [5.74, 6) is 0.147. The smallest absolute Gasteiger partial charge is 0.223 e. The summed E-state index contributed by atoms with van der Waals surface area (Å²) in [6, 6.07) is 8.04. The SMILES string of the molecule is CN(C)C(=O)CCNc1ccccc1I. The molecule has 0 aliphatic heterocycles. The molecule has 1 N–H and O–H groups in total. The van der Waals surface area contributed by atoms with Crippen molar-refractivity contribution in [2.24, 2.45) is 0 Å². The lowest BCUT2D eigenvalue weighted by Gasteiger charge is -2.11. The fourth-order valence-corrected chi connectivity index (χ4v) is 1.71. The van der Waals surface area contributed by atoms with Crippen LogP contribution in [-0.2, 0) is 4.79 Å².